The molecule has 1 aliphatic rings. The van der Waals surface area contributed by atoms with Crippen molar-refractivity contribution < 1.29 is 14.0 Å². The molecule has 2 N–H and O–H groups in total. The van der Waals surface area contributed by atoms with Crippen LogP contribution in [0.1, 0.15) is 52.6 Å². The molecule has 1 saturated heterocycles. The van der Waals surface area contributed by atoms with E-state index in [0.717, 1.165) is 23.0 Å². The van der Waals surface area contributed by atoms with E-state index in [9.17, 15) is 0 Å². The van der Waals surface area contributed by atoms with E-state index in [1.54, 1.807) is 19.6 Å². The number of aromatic nitrogens is 5. The number of rotatable bonds is 6. The van der Waals surface area contributed by atoms with Crippen molar-refractivity contribution in [1.82, 2.24) is 24.9 Å². The first-order valence-electron chi connectivity index (χ1n) is 10.1. The standard InChI is InChI=1S/C20H27BN6O3/c1-7-14(27-17-15-16(24-10-23-15)25-11-26-17)13-8-12(9-22-18(13)28-6)21-29-19(2,3)20(4,5)30-21/h8-11,14H,7H2,1-6H3,(H2,23,24,25,26,27). The quantitative estimate of drug-likeness (QED) is 0.598. The zero-order chi connectivity index (χ0) is 21.5. The third-order valence-electron chi connectivity index (χ3n) is 5.94. The van der Waals surface area contributed by atoms with Gasteiger partial charge in [-0.2, -0.15) is 0 Å². The molecule has 10 heteroatoms. The highest BCUT2D eigenvalue weighted by molar-refractivity contribution is 6.62. The van der Waals surface area contributed by atoms with E-state index in [1.165, 1.54) is 6.33 Å². The summed E-state index contributed by atoms with van der Waals surface area (Å²) < 4.78 is 18.0. The van der Waals surface area contributed by atoms with E-state index in [0.29, 0.717) is 17.3 Å². The molecule has 30 heavy (non-hydrogen) atoms. The Labute approximate surface area is 176 Å². The Morgan fingerprint density at radius 1 is 1.13 bits per heavy atom. The van der Waals surface area contributed by atoms with Crippen molar-refractivity contribution >= 4 is 29.6 Å². The lowest BCUT2D eigenvalue weighted by molar-refractivity contribution is 0.00578. The third kappa shape index (κ3) is 3.50. The lowest BCUT2D eigenvalue weighted by Crippen LogP contribution is -2.41. The number of imidazole rings is 1. The van der Waals surface area contributed by atoms with Crippen LogP contribution in [-0.2, 0) is 9.31 Å². The van der Waals surface area contributed by atoms with Gasteiger partial charge in [-0.05, 0) is 34.1 Å². The molecule has 4 rings (SSSR count). The summed E-state index contributed by atoms with van der Waals surface area (Å²) in [5, 5.41) is 3.48. The van der Waals surface area contributed by atoms with Crippen LogP contribution in [0.5, 0.6) is 5.88 Å². The molecule has 1 aliphatic heterocycles. The molecule has 0 aliphatic carbocycles. The van der Waals surface area contributed by atoms with Gasteiger partial charge in [0, 0.05) is 17.2 Å². The number of H-pyrrole nitrogens is 1. The number of ether oxygens (including phenoxy) is 1. The molecule has 158 valence electrons. The summed E-state index contributed by atoms with van der Waals surface area (Å²) >= 11 is 0. The maximum Gasteiger partial charge on any atom is 0.496 e. The van der Waals surface area contributed by atoms with Crippen LogP contribution >= 0.6 is 0 Å². The van der Waals surface area contributed by atoms with E-state index < -0.39 is 18.3 Å². The number of anilines is 1. The molecule has 1 unspecified atom stereocenters. The second-order valence-corrected chi connectivity index (χ2v) is 8.38. The molecular formula is C20H27BN6O3. The Hall–Kier alpha value is -2.72. The minimum Gasteiger partial charge on any atom is -0.481 e. The highest BCUT2D eigenvalue weighted by Gasteiger charge is 2.52. The van der Waals surface area contributed by atoms with Crippen LogP contribution in [0.3, 0.4) is 0 Å². The molecular weight excluding hydrogens is 383 g/mol. The second kappa shape index (κ2) is 7.52. The maximum absolute atomic E-state index is 6.20. The number of pyridine rings is 1. The predicted octanol–water partition coefficient (Wildman–Crippen LogP) is 2.62. The monoisotopic (exact) mass is 410 g/mol. The number of aromatic amines is 1. The number of hydrogen-bond donors (Lipinski definition) is 2. The number of nitrogens with one attached hydrogen (secondary N) is 2. The predicted molar refractivity (Wildman–Crippen MR) is 115 cm³/mol. The Morgan fingerprint density at radius 3 is 2.53 bits per heavy atom. The van der Waals surface area contributed by atoms with Crippen molar-refractivity contribution in [2.75, 3.05) is 12.4 Å². The summed E-state index contributed by atoms with van der Waals surface area (Å²) in [5.74, 6) is 1.22. The first-order valence-corrected chi connectivity index (χ1v) is 10.1. The summed E-state index contributed by atoms with van der Waals surface area (Å²) in [6.45, 7) is 10.2. The molecule has 3 aromatic heterocycles. The Morgan fingerprint density at radius 2 is 1.87 bits per heavy atom. The molecule has 0 aromatic carbocycles. The zero-order valence-electron chi connectivity index (χ0n) is 18.2. The van der Waals surface area contributed by atoms with Gasteiger partial charge in [-0.15, -0.1) is 0 Å². The van der Waals surface area contributed by atoms with Gasteiger partial charge in [0.25, 0.3) is 0 Å². The number of hydrogen-bond acceptors (Lipinski definition) is 8. The van der Waals surface area contributed by atoms with Crippen LogP contribution in [0.2, 0.25) is 0 Å². The lowest BCUT2D eigenvalue weighted by Gasteiger charge is -2.32. The average molecular weight is 410 g/mol. The van der Waals surface area contributed by atoms with Gasteiger partial charge in [0.05, 0.1) is 30.7 Å². The average Bonchev–Trinajstić information content (AvgIpc) is 3.28. The minimum atomic E-state index is -0.497. The van der Waals surface area contributed by atoms with Crippen LogP contribution in [0.25, 0.3) is 11.2 Å². The summed E-state index contributed by atoms with van der Waals surface area (Å²) in [5.41, 5.74) is 2.27. The van der Waals surface area contributed by atoms with Crippen molar-refractivity contribution in [2.24, 2.45) is 0 Å². The molecule has 0 saturated carbocycles. The Balaban J connectivity index is 1.68. The fraction of sp³-hybridized carbons (Fsp3) is 0.500. The van der Waals surface area contributed by atoms with Crippen molar-refractivity contribution in [2.45, 2.75) is 58.3 Å². The molecule has 1 fully saturated rings. The van der Waals surface area contributed by atoms with Crippen molar-refractivity contribution in [3.05, 3.63) is 30.5 Å². The third-order valence-corrected chi connectivity index (χ3v) is 5.94. The molecule has 9 nitrogen and oxygen atoms in total. The Kier molecular flexibility index (Phi) is 5.15. The largest absolute Gasteiger partial charge is 0.496 e. The first-order chi connectivity index (χ1) is 14.3. The second-order valence-electron chi connectivity index (χ2n) is 8.38. The number of fused-ring (bicyclic) bond motifs is 1. The van der Waals surface area contributed by atoms with E-state index in [1.807, 2.05) is 33.8 Å². The summed E-state index contributed by atoms with van der Waals surface area (Å²) in [6, 6.07) is 1.93. The van der Waals surface area contributed by atoms with Crippen LogP contribution < -0.4 is 15.5 Å². The van der Waals surface area contributed by atoms with E-state index >= 15 is 0 Å². The molecule has 0 amide bonds. The lowest BCUT2D eigenvalue weighted by atomic mass is 9.79. The molecule has 0 radical (unpaired) electrons. The van der Waals surface area contributed by atoms with Gasteiger partial charge in [-0.1, -0.05) is 13.0 Å². The zero-order valence-corrected chi connectivity index (χ0v) is 18.2. The maximum atomic E-state index is 6.20. The van der Waals surface area contributed by atoms with Gasteiger partial charge < -0.3 is 24.3 Å². The van der Waals surface area contributed by atoms with Crippen LogP contribution in [0.4, 0.5) is 5.82 Å². The fourth-order valence-electron chi connectivity index (χ4n) is 3.45. The van der Waals surface area contributed by atoms with Gasteiger partial charge >= 0.3 is 7.12 Å². The highest BCUT2D eigenvalue weighted by atomic mass is 16.7. The SMILES string of the molecule is CCC(Nc1ncnc2nc[nH]c12)c1cc(B2OC(C)(C)C(C)(C)O2)cnc1OC. The van der Waals surface area contributed by atoms with Crippen LogP contribution in [-0.4, -0.2) is 50.4 Å². The van der Waals surface area contributed by atoms with Gasteiger partial charge in [0.15, 0.2) is 11.5 Å². The normalized spacial score (nSPS) is 18.5. The van der Waals surface area contributed by atoms with E-state index in [-0.39, 0.29) is 6.04 Å². The molecule has 4 heterocycles. The van der Waals surface area contributed by atoms with E-state index in [4.69, 9.17) is 14.0 Å². The van der Waals surface area contributed by atoms with Crippen molar-refractivity contribution in [3.8, 4) is 5.88 Å². The number of nitrogens with zero attached hydrogens (tertiary/aromatic N) is 4. The highest BCUT2D eigenvalue weighted by Crippen LogP contribution is 2.37. The Bertz CT molecular complexity index is 1040. The summed E-state index contributed by atoms with van der Waals surface area (Å²) in [7, 11) is 1.12. The van der Waals surface area contributed by atoms with Crippen molar-refractivity contribution in [3.63, 3.8) is 0 Å². The minimum absolute atomic E-state index is 0.101. The summed E-state index contributed by atoms with van der Waals surface area (Å²) in [6.07, 6.45) is 5.63. The smallest absolute Gasteiger partial charge is 0.481 e. The summed E-state index contributed by atoms with van der Waals surface area (Å²) in [4.78, 5) is 20.4. The molecule has 3 aromatic rings. The first kappa shape index (κ1) is 20.6. The molecule has 1 atom stereocenters. The molecule has 0 bridgehead atoms. The van der Waals surface area contributed by atoms with Crippen molar-refractivity contribution in [1.29, 1.82) is 0 Å². The van der Waals surface area contributed by atoms with E-state index in [2.05, 4.69) is 37.2 Å². The molecule has 0 spiro atoms. The number of methoxy groups -OCH3 is 1. The van der Waals surface area contributed by atoms with Gasteiger partial charge in [0.2, 0.25) is 5.88 Å². The van der Waals surface area contributed by atoms with Crippen LogP contribution in [0, 0.1) is 0 Å². The van der Waals surface area contributed by atoms with Gasteiger partial charge in [0.1, 0.15) is 11.8 Å². The fourth-order valence-corrected chi connectivity index (χ4v) is 3.45. The van der Waals surface area contributed by atoms with Gasteiger partial charge in [-0.25, -0.2) is 19.9 Å². The van der Waals surface area contributed by atoms with Crippen LogP contribution in [0.15, 0.2) is 24.9 Å². The van der Waals surface area contributed by atoms with Gasteiger partial charge in [-0.3, -0.25) is 0 Å². The topological polar surface area (TPSA) is 107 Å².